The number of anilines is 2. The summed E-state index contributed by atoms with van der Waals surface area (Å²) in [6.45, 7) is 3.66. The fourth-order valence-electron chi connectivity index (χ4n) is 2.76. The van der Waals surface area contributed by atoms with Gasteiger partial charge >= 0.3 is 0 Å². The lowest BCUT2D eigenvalue weighted by Crippen LogP contribution is -2.27. The van der Waals surface area contributed by atoms with Crippen LogP contribution in [-0.4, -0.2) is 21.0 Å². The smallest absolute Gasteiger partial charge is 0.295 e. The summed E-state index contributed by atoms with van der Waals surface area (Å²) in [6.07, 6.45) is 0. The Labute approximate surface area is 167 Å². The molecule has 0 aliphatic rings. The highest BCUT2D eigenvalue weighted by Crippen LogP contribution is 2.14. The number of rotatable bonds is 5. The second kappa shape index (κ2) is 8.27. The average molecular weight is 388 g/mol. The highest BCUT2D eigenvalue weighted by atomic mass is 16.2. The van der Waals surface area contributed by atoms with Gasteiger partial charge in [-0.15, -0.1) is 0 Å². The van der Waals surface area contributed by atoms with Crippen molar-refractivity contribution in [2.24, 2.45) is 12.1 Å². The molecule has 0 aliphatic heterocycles. The third-order valence-corrected chi connectivity index (χ3v) is 4.46. The van der Waals surface area contributed by atoms with E-state index >= 15 is 0 Å². The summed E-state index contributed by atoms with van der Waals surface area (Å²) in [5, 5.41) is 15.7. The Bertz CT molecular complexity index is 1160. The Hall–Kier alpha value is -4.12. The van der Waals surface area contributed by atoms with Crippen LogP contribution in [0.3, 0.4) is 0 Å². The summed E-state index contributed by atoms with van der Waals surface area (Å²) in [5.41, 5.74) is 4.92. The Balaban J connectivity index is 1.86. The number of nitrogens with one attached hydrogen (secondary N) is 2. The van der Waals surface area contributed by atoms with Crippen molar-refractivity contribution in [2.75, 3.05) is 10.7 Å². The average Bonchev–Trinajstić information content (AvgIpc) is 2.93. The van der Waals surface area contributed by atoms with Gasteiger partial charge in [-0.1, -0.05) is 35.9 Å². The topological polar surface area (TPSA) is 104 Å². The van der Waals surface area contributed by atoms with E-state index in [0.29, 0.717) is 17.1 Å². The van der Waals surface area contributed by atoms with Gasteiger partial charge in [0.2, 0.25) is 5.71 Å². The van der Waals surface area contributed by atoms with Gasteiger partial charge < -0.3 is 5.32 Å². The summed E-state index contributed by atoms with van der Waals surface area (Å²) in [6, 6.07) is 18.2. The van der Waals surface area contributed by atoms with Gasteiger partial charge in [0.15, 0.2) is 0 Å². The van der Waals surface area contributed by atoms with E-state index in [0.717, 1.165) is 5.56 Å². The van der Waals surface area contributed by atoms with E-state index < -0.39 is 11.5 Å². The Morgan fingerprint density at radius 2 is 1.72 bits per heavy atom. The molecule has 1 heterocycles. The van der Waals surface area contributed by atoms with E-state index in [1.54, 1.807) is 49.0 Å². The maximum absolute atomic E-state index is 12.9. The zero-order valence-electron chi connectivity index (χ0n) is 16.3. The van der Waals surface area contributed by atoms with Crippen LogP contribution >= 0.6 is 0 Å². The van der Waals surface area contributed by atoms with Gasteiger partial charge in [0.1, 0.15) is 11.8 Å². The summed E-state index contributed by atoms with van der Waals surface area (Å²) < 4.78 is 3.08. The number of benzene rings is 2. The zero-order chi connectivity index (χ0) is 21.0. The summed E-state index contributed by atoms with van der Waals surface area (Å²) >= 11 is 0. The molecule has 0 saturated carbocycles. The number of hydrogen-bond donors (Lipinski definition) is 2. The largest absolute Gasteiger partial charge is 0.314 e. The molecule has 0 atom stereocenters. The molecule has 0 spiro atoms. The molecular formula is C21H20N6O2. The number of aromatic nitrogens is 2. The molecule has 0 radical (unpaired) electrons. The maximum atomic E-state index is 12.9. The molecule has 3 aromatic rings. The molecule has 1 aromatic heterocycles. The van der Waals surface area contributed by atoms with Gasteiger partial charge in [0.05, 0.1) is 17.1 Å². The first-order valence-electron chi connectivity index (χ1n) is 8.88. The number of aryl methyl sites for hydroxylation is 1. The predicted molar refractivity (Wildman–Crippen MR) is 112 cm³/mol. The van der Waals surface area contributed by atoms with Crippen LogP contribution < -0.4 is 16.3 Å². The van der Waals surface area contributed by atoms with Crippen molar-refractivity contribution >= 4 is 23.0 Å². The normalized spacial score (nSPS) is 11.0. The zero-order valence-corrected chi connectivity index (χ0v) is 16.3. The number of nitriles is 1. The van der Waals surface area contributed by atoms with Gasteiger partial charge in [-0.25, -0.2) is 4.68 Å². The van der Waals surface area contributed by atoms with Crippen molar-refractivity contribution in [1.82, 2.24) is 9.36 Å². The minimum atomic E-state index is -0.766. The van der Waals surface area contributed by atoms with Gasteiger partial charge in [0.25, 0.3) is 11.5 Å². The highest BCUT2D eigenvalue weighted by molar-refractivity contribution is 6.48. The Morgan fingerprint density at radius 3 is 2.34 bits per heavy atom. The third-order valence-electron chi connectivity index (χ3n) is 4.46. The van der Waals surface area contributed by atoms with E-state index in [4.69, 9.17) is 0 Å². The van der Waals surface area contributed by atoms with Gasteiger partial charge in [-0.05, 0) is 38.1 Å². The van der Waals surface area contributed by atoms with Crippen LogP contribution in [-0.2, 0) is 11.8 Å². The van der Waals surface area contributed by atoms with Crippen molar-refractivity contribution in [2.45, 2.75) is 13.8 Å². The van der Waals surface area contributed by atoms with Crippen LogP contribution in [0.2, 0.25) is 0 Å². The van der Waals surface area contributed by atoms with E-state index in [1.165, 1.54) is 4.68 Å². The van der Waals surface area contributed by atoms with Gasteiger partial charge in [-0.3, -0.25) is 19.7 Å². The number of hydrazone groups is 1. The molecular weight excluding hydrogens is 368 g/mol. The quantitative estimate of drug-likeness (QED) is 0.518. The SMILES string of the molecule is Cc1ccc(N/N=C(/C#N)C(=O)Nc2c(C)n(C)n(-c3ccccc3)c2=O)cc1. The fraction of sp³-hybridized carbons (Fsp3) is 0.143. The lowest BCUT2D eigenvalue weighted by Gasteiger charge is -2.07. The number of para-hydroxylation sites is 1. The molecule has 0 saturated heterocycles. The third kappa shape index (κ3) is 4.09. The van der Waals surface area contributed by atoms with Crippen LogP contribution in [0.25, 0.3) is 5.69 Å². The molecule has 146 valence electrons. The minimum absolute atomic E-state index is 0.0969. The summed E-state index contributed by atoms with van der Waals surface area (Å²) in [5.74, 6) is -0.766. The Morgan fingerprint density at radius 1 is 1.07 bits per heavy atom. The molecule has 3 rings (SSSR count). The van der Waals surface area contributed by atoms with E-state index in [-0.39, 0.29) is 11.4 Å². The minimum Gasteiger partial charge on any atom is -0.314 e. The molecule has 2 aromatic carbocycles. The number of carbonyl (C=O) groups excluding carboxylic acids is 1. The number of nitrogens with zero attached hydrogens (tertiary/aromatic N) is 4. The van der Waals surface area contributed by atoms with Crippen molar-refractivity contribution in [3.05, 3.63) is 76.2 Å². The van der Waals surface area contributed by atoms with Crippen molar-refractivity contribution in [1.29, 1.82) is 5.26 Å². The van der Waals surface area contributed by atoms with Crippen LogP contribution in [0.4, 0.5) is 11.4 Å². The highest BCUT2D eigenvalue weighted by Gasteiger charge is 2.20. The van der Waals surface area contributed by atoms with Gasteiger partial charge in [0, 0.05) is 7.05 Å². The lowest BCUT2D eigenvalue weighted by atomic mass is 10.2. The monoisotopic (exact) mass is 388 g/mol. The molecule has 29 heavy (non-hydrogen) atoms. The molecule has 0 aliphatic carbocycles. The summed E-state index contributed by atoms with van der Waals surface area (Å²) in [7, 11) is 1.72. The first-order valence-corrected chi connectivity index (χ1v) is 8.88. The van der Waals surface area contributed by atoms with E-state index in [1.807, 2.05) is 37.3 Å². The number of amides is 1. The van der Waals surface area contributed by atoms with Crippen LogP contribution in [0, 0.1) is 25.2 Å². The molecule has 0 fully saturated rings. The lowest BCUT2D eigenvalue weighted by molar-refractivity contribution is -0.110. The van der Waals surface area contributed by atoms with E-state index in [9.17, 15) is 14.9 Å². The molecule has 1 amide bonds. The standard InChI is InChI=1S/C21H20N6O2/c1-14-9-11-16(12-10-14)24-25-18(13-22)20(28)23-19-15(2)26(3)27(21(19)29)17-7-5-4-6-8-17/h4-12,24H,1-3H3,(H,23,28)/b25-18-. The fourth-order valence-corrected chi connectivity index (χ4v) is 2.76. The Kier molecular flexibility index (Phi) is 5.60. The number of hydrogen-bond acceptors (Lipinski definition) is 5. The van der Waals surface area contributed by atoms with Crippen molar-refractivity contribution in [3.63, 3.8) is 0 Å². The van der Waals surface area contributed by atoms with Gasteiger partial charge in [-0.2, -0.15) is 10.4 Å². The second-order valence-electron chi connectivity index (χ2n) is 6.44. The molecule has 0 bridgehead atoms. The molecule has 2 N–H and O–H groups in total. The van der Waals surface area contributed by atoms with Crippen LogP contribution in [0.1, 0.15) is 11.3 Å². The molecule has 8 heteroatoms. The molecule has 8 nitrogen and oxygen atoms in total. The maximum Gasteiger partial charge on any atom is 0.295 e. The van der Waals surface area contributed by atoms with E-state index in [2.05, 4.69) is 15.8 Å². The predicted octanol–water partition coefficient (Wildman–Crippen LogP) is 2.72. The summed E-state index contributed by atoms with van der Waals surface area (Å²) in [4.78, 5) is 25.4. The number of carbonyl (C=O) groups is 1. The molecule has 0 unspecified atom stereocenters. The van der Waals surface area contributed by atoms with Crippen LogP contribution in [0.15, 0.2) is 64.5 Å². The first kappa shape index (κ1) is 19.6. The van der Waals surface area contributed by atoms with Crippen molar-refractivity contribution < 1.29 is 4.79 Å². The van der Waals surface area contributed by atoms with Crippen molar-refractivity contribution in [3.8, 4) is 11.8 Å². The first-order chi connectivity index (χ1) is 13.9. The second-order valence-corrected chi connectivity index (χ2v) is 6.44. The van der Waals surface area contributed by atoms with Crippen LogP contribution in [0.5, 0.6) is 0 Å².